The Labute approximate surface area is 179 Å². The van der Waals surface area contributed by atoms with Crippen molar-refractivity contribution in [1.29, 1.82) is 0 Å². The second kappa shape index (κ2) is 8.48. The van der Waals surface area contributed by atoms with Crippen molar-refractivity contribution in [3.05, 3.63) is 82.5 Å². The molecule has 2 aromatic carbocycles. The maximum Gasteiger partial charge on any atom is 0.131 e. The van der Waals surface area contributed by atoms with Crippen LogP contribution < -0.4 is 10.4 Å². The summed E-state index contributed by atoms with van der Waals surface area (Å²) < 4.78 is 0. The second-order valence-electron chi connectivity index (χ2n) is 9.05. The standard InChI is InChI=1S/C28H38Si/c1-8-16-29(26-14-12-11-13-15-26,28(7)20-21(4)22(5)23(28)6)27-18-24(9-2)17-25(10-3)19-27/h11-15,17-20H,8-10,16H2,1-7H3. The van der Waals surface area contributed by atoms with E-state index in [1.54, 1.807) is 15.9 Å². The predicted octanol–water partition coefficient (Wildman–Crippen LogP) is 6.84. The van der Waals surface area contributed by atoms with E-state index < -0.39 is 8.07 Å². The third-order valence-electron chi connectivity index (χ3n) is 7.58. The van der Waals surface area contributed by atoms with Gasteiger partial charge < -0.3 is 0 Å². The lowest BCUT2D eigenvalue weighted by Gasteiger charge is -2.47. The number of hydrogen-bond acceptors (Lipinski definition) is 0. The Hall–Kier alpha value is -1.86. The minimum atomic E-state index is -2.12. The first-order chi connectivity index (χ1) is 13.8. The predicted molar refractivity (Wildman–Crippen MR) is 132 cm³/mol. The molecule has 0 spiro atoms. The third-order valence-corrected chi connectivity index (χ3v) is 13.7. The Morgan fingerprint density at radius 3 is 1.83 bits per heavy atom. The van der Waals surface area contributed by atoms with Gasteiger partial charge in [0.05, 0.1) is 0 Å². The molecular weight excluding hydrogens is 364 g/mol. The molecule has 1 aliphatic carbocycles. The average Bonchev–Trinajstić information content (AvgIpc) is 2.95. The van der Waals surface area contributed by atoms with Crippen molar-refractivity contribution in [3.63, 3.8) is 0 Å². The molecule has 29 heavy (non-hydrogen) atoms. The fourth-order valence-corrected chi connectivity index (χ4v) is 11.9. The minimum Gasteiger partial charge on any atom is -0.0733 e. The highest BCUT2D eigenvalue weighted by Crippen LogP contribution is 2.54. The monoisotopic (exact) mass is 402 g/mol. The van der Waals surface area contributed by atoms with E-state index in [2.05, 4.69) is 103 Å². The highest BCUT2D eigenvalue weighted by Gasteiger charge is 2.54. The van der Waals surface area contributed by atoms with E-state index in [0.29, 0.717) is 0 Å². The molecular formula is C28H38Si. The van der Waals surface area contributed by atoms with Crippen molar-refractivity contribution in [1.82, 2.24) is 0 Å². The zero-order chi connectivity index (χ0) is 21.2. The van der Waals surface area contributed by atoms with Crippen LogP contribution in [0.3, 0.4) is 0 Å². The van der Waals surface area contributed by atoms with E-state index in [4.69, 9.17) is 0 Å². The van der Waals surface area contributed by atoms with Gasteiger partial charge in [0.25, 0.3) is 0 Å². The van der Waals surface area contributed by atoms with Gasteiger partial charge >= 0.3 is 0 Å². The van der Waals surface area contributed by atoms with Crippen molar-refractivity contribution in [3.8, 4) is 0 Å². The molecule has 0 aliphatic heterocycles. The first-order valence-electron chi connectivity index (χ1n) is 11.4. The summed E-state index contributed by atoms with van der Waals surface area (Å²) in [6.07, 6.45) is 6.04. The van der Waals surface area contributed by atoms with E-state index in [1.165, 1.54) is 34.7 Å². The molecule has 1 aliphatic rings. The van der Waals surface area contributed by atoms with E-state index in [0.717, 1.165) is 12.8 Å². The van der Waals surface area contributed by atoms with E-state index in [1.807, 2.05) is 0 Å². The van der Waals surface area contributed by atoms with E-state index in [-0.39, 0.29) is 5.04 Å². The Morgan fingerprint density at radius 2 is 1.38 bits per heavy atom. The topological polar surface area (TPSA) is 0 Å². The van der Waals surface area contributed by atoms with Crippen LogP contribution in [0.1, 0.15) is 66.0 Å². The zero-order valence-corrected chi connectivity index (χ0v) is 20.5. The van der Waals surface area contributed by atoms with Gasteiger partial charge in [-0.3, -0.25) is 0 Å². The quantitative estimate of drug-likeness (QED) is 0.445. The summed E-state index contributed by atoms with van der Waals surface area (Å²) in [6.45, 7) is 16.5. The van der Waals surface area contributed by atoms with Crippen LogP contribution in [0.4, 0.5) is 0 Å². The molecule has 1 heteroatoms. The minimum absolute atomic E-state index is 0.107. The smallest absolute Gasteiger partial charge is 0.0733 e. The summed E-state index contributed by atoms with van der Waals surface area (Å²) in [6, 6.07) is 20.3. The van der Waals surface area contributed by atoms with Gasteiger partial charge in [-0.25, -0.2) is 0 Å². The van der Waals surface area contributed by atoms with Crippen LogP contribution in [0.25, 0.3) is 0 Å². The molecule has 0 saturated heterocycles. The molecule has 0 radical (unpaired) electrons. The van der Waals surface area contributed by atoms with Gasteiger partial charge in [-0.15, -0.1) is 0 Å². The van der Waals surface area contributed by atoms with Crippen LogP contribution in [-0.4, -0.2) is 8.07 Å². The van der Waals surface area contributed by atoms with Gasteiger partial charge in [0.1, 0.15) is 8.07 Å². The van der Waals surface area contributed by atoms with Crippen LogP contribution >= 0.6 is 0 Å². The van der Waals surface area contributed by atoms with Gasteiger partial charge in [-0.1, -0.05) is 110 Å². The molecule has 0 N–H and O–H groups in total. The summed E-state index contributed by atoms with van der Waals surface area (Å²) in [4.78, 5) is 0. The molecule has 3 rings (SSSR count). The highest BCUT2D eigenvalue weighted by molar-refractivity contribution is 7.05. The average molecular weight is 403 g/mol. The summed E-state index contributed by atoms with van der Waals surface area (Å²) in [7, 11) is -2.12. The maximum atomic E-state index is 2.62. The first-order valence-corrected chi connectivity index (χ1v) is 13.6. The molecule has 0 amide bonds. The van der Waals surface area contributed by atoms with Crippen LogP contribution in [0.15, 0.2) is 71.3 Å². The van der Waals surface area contributed by atoms with Gasteiger partial charge in [-0.2, -0.15) is 0 Å². The molecule has 2 atom stereocenters. The molecule has 0 heterocycles. The number of hydrogen-bond donors (Lipinski definition) is 0. The summed E-state index contributed by atoms with van der Waals surface area (Å²) in [5, 5.41) is 3.32. The SMILES string of the molecule is CCC[Si](c1ccccc1)(c1cc(CC)cc(CC)c1)C1(C)C=C(C)C(C)=C1C. The number of allylic oxidation sites excluding steroid dienone is 4. The third kappa shape index (κ3) is 3.48. The van der Waals surface area contributed by atoms with Crippen LogP contribution in [0.5, 0.6) is 0 Å². The van der Waals surface area contributed by atoms with Crippen molar-refractivity contribution < 1.29 is 0 Å². The first kappa shape index (κ1) is 21.8. The molecule has 2 aromatic rings. The van der Waals surface area contributed by atoms with Crippen molar-refractivity contribution >= 4 is 18.4 Å². The molecule has 0 aromatic heterocycles. The van der Waals surface area contributed by atoms with Crippen LogP contribution in [0, 0.1) is 0 Å². The van der Waals surface area contributed by atoms with E-state index >= 15 is 0 Å². The largest absolute Gasteiger partial charge is 0.131 e. The van der Waals surface area contributed by atoms with Crippen LogP contribution in [-0.2, 0) is 12.8 Å². The van der Waals surface area contributed by atoms with Crippen molar-refractivity contribution in [2.75, 3.05) is 0 Å². The molecule has 154 valence electrons. The van der Waals surface area contributed by atoms with Gasteiger partial charge in [0.2, 0.25) is 0 Å². The Morgan fingerprint density at radius 1 is 0.793 bits per heavy atom. The molecule has 0 fully saturated rings. The van der Waals surface area contributed by atoms with Gasteiger partial charge in [0.15, 0.2) is 0 Å². The number of aryl methyl sites for hydroxylation is 2. The molecule has 0 bridgehead atoms. The zero-order valence-electron chi connectivity index (χ0n) is 19.5. The Balaban J connectivity index is 2.43. The molecule has 2 unspecified atom stereocenters. The second-order valence-corrected chi connectivity index (χ2v) is 13.6. The Bertz CT molecular complexity index is 912. The number of rotatable bonds is 7. The van der Waals surface area contributed by atoms with Gasteiger partial charge in [-0.05, 0) is 56.4 Å². The lowest BCUT2D eigenvalue weighted by Crippen LogP contribution is -2.65. The lowest BCUT2D eigenvalue weighted by molar-refractivity contribution is 0.840. The maximum absolute atomic E-state index is 2.62. The van der Waals surface area contributed by atoms with Crippen LogP contribution in [0.2, 0.25) is 11.1 Å². The molecule has 0 saturated carbocycles. The fourth-order valence-electron chi connectivity index (χ4n) is 5.61. The van der Waals surface area contributed by atoms with Crippen molar-refractivity contribution in [2.24, 2.45) is 0 Å². The highest BCUT2D eigenvalue weighted by atomic mass is 28.3. The van der Waals surface area contributed by atoms with Gasteiger partial charge in [0, 0.05) is 5.04 Å². The summed E-state index contributed by atoms with van der Waals surface area (Å²) >= 11 is 0. The van der Waals surface area contributed by atoms with Crippen molar-refractivity contribution in [2.45, 2.75) is 78.8 Å². The Kier molecular flexibility index (Phi) is 6.38. The number of benzene rings is 2. The normalized spacial score (nSPS) is 21.3. The summed E-state index contributed by atoms with van der Waals surface area (Å²) in [5.74, 6) is 0. The van der Waals surface area contributed by atoms with E-state index in [9.17, 15) is 0 Å². The fraction of sp³-hybridized carbons (Fsp3) is 0.429. The lowest BCUT2D eigenvalue weighted by atomic mass is 10.0. The molecule has 0 nitrogen and oxygen atoms in total. The summed E-state index contributed by atoms with van der Waals surface area (Å²) in [5.41, 5.74) is 7.53.